The molecular weight excluding hydrogens is 286 g/mol. The van der Waals surface area contributed by atoms with Gasteiger partial charge in [0, 0.05) is 11.0 Å². The van der Waals surface area contributed by atoms with Gasteiger partial charge in [-0.3, -0.25) is 0 Å². The molecule has 112 valence electrons. The average Bonchev–Trinajstić information content (AvgIpc) is 2.83. The molecule has 0 spiro atoms. The van der Waals surface area contributed by atoms with Gasteiger partial charge in [0.25, 0.3) is 0 Å². The van der Waals surface area contributed by atoms with Crippen molar-refractivity contribution in [2.24, 2.45) is 0 Å². The number of aryl methyl sites for hydroxylation is 1. The summed E-state index contributed by atoms with van der Waals surface area (Å²) in [4.78, 5) is 16.3. The Morgan fingerprint density at radius 1 is 1.33 bits per heavy atom. The number of nitrogens with zero attached hydrogens (tertiary/aromatic N) is 1. The number of aromatic nitrogens is 1. The van der Waals surface area contributed by atoms with Gasteiger partial charge in [-0.1, -0.05) is 20.8 Å². The summed E-state index contributed by atoms with van der Waals surface area (Å²) >= 11 is 1.22. The quantitative estimate of drug-likeness (QED) is 0.926. The summed E-state index contributed by atoms with van der Waals surface area (Å²) in [6, 6.07) is 5.75. The number of thiazole rings is 1. The van der Waals surface area contributed by atoms with E-state index in [0.717, 1.165) is 21.9 Å². The van der Waals surface area contributed by atoms with E-state index < -0.39 is 5.97 Å². The summed E-state index contributed by atoms with van der Waals surface area (Å²) in [5, 5.41) is 10.1. The van der Waals surface area contributed by atoms with E-state index in [9.17, 15) is 9.90 Å². The standard InChI is InChI=1S/C16H19NO3S/c1-9-8-10(6-7-11(9)20-5)14-17-13(16(2,3)4)12(21-14)15(18)19/h6-8H,1-5H3,(H,18,19). The minimum atomic E-state index is -0.922. The largest absolute Gasteiger partial charge is 0.496 e. The van der Waals surface area contributed by atoms with Crippen molar-refractivity contribution < 1.29 is 14.6 Å². The third-order valence-electron chi connectivity index (χ3n) is 3.17. The molecule has 0 saturated carbocycles. The number of aromatic carboxylic acids is 1. The van der Waals surface area contributed by atoms with E-state index in [1.807, 2.05) is 45.9 Å². The first kappa shape index (κ1) is 15.5. The van der Waals surface area contributed by atoms with Gasteiger partial charge in [-0.2, -0.15) is 0 Å². The van der Waals surface area contributed by atoms with Crippen LogP contribution in [0.15, 0.2) is 18.2 Å². The first-order valence-electron chi connectivity index (χ1n) is 6.63. The number of ether oxygens (including phenoxy) is 1. The molecule has 2 rings (SSSR count). The van der Waals surface area contributed by atoms with Crippen LogP contribution in [0.1, 0.15) is 41.7 Å². The summed E-state index contributed by atoms with van der Waals surface area (Å²) in [6.45, 7) is 7.87. The highest BCUT2D eigenvalue weighted by Crippen LogP contribution is 2.35. The molecule has 0 aliphatic carbocycles. The molecule has 5 heteroatoms. The van der Waals surface area contributed by atoms with Crippen molar-refractivity contribution >= 4 is 17.3 Å². The van der Waals surface area contributed by atoms with Crippen LogP contribution in [0.2, 0.25) is 0 Å². The molecule has 4 nitrogen and oxygen atoms in total. The van der Waals surface area contributed by atoms with Crippen molar-refractivity contribution in [1.29, 1.82) is 0 Å². The van der Waals surface area contributed by atoms with Crippen LogP contribution in [-0.4, -0.2) is 23.2 Å². The van der Waals surface area contributed by atoms with Crippen molar-refractivity contribution in [3.8, 4) is 16.3 Å². The van der Waals surface area contributed by atoms with Crippen LogP contribution in [0.3, 0.4) is 0 Å². The van der Waals surface area contributed by atoms with Crippen LogP contribution < -0.4 is 4.74 Å². The van der Waals surface area contributed by atoms with Gasteiger partial charge < -0.3 is 9.84 Å². The van der Waals surface area contributed by atoms with E-state index in [2.05, 4.69) is 4.98 Å². The van der Waals surface area contributed by atoms with Crippen LogP contribution in [0.4, 0.5) is 0 Å². The molecule has 0 saturated heterocycles. The second-order valence-electron chi connectivity index (χ2n) is 5.94. The van der Waals surface area contributed by atoms with E-state index in [1.54, 1.807) is 7.11 Å². The number of rotatable bonds is 3. The topological polar surface area (TPSA) is 59.4 Å². The molecule has 0 aliphatic rings. The molecule has 1 aromatic heterocycles. The molecule has 2 aromatic rings. The number of carboxylic acid groups (broad SMARTS) is 1. The van der Waals surface area contributed by atoms with Crippen LogP contribution in [-0.2, 0) is 5.41 Å². The number of carboxylic acids is 1. The van der Waals surface area contributed by atoms with Crippen LogP contribution in [0.25, 0.3) is 10.6 Å². The third-order valence-corrected chi connectivity index (χ3v) is 4.27. The zero-order valence-electron chi connectivity index (χ0n) is 12.9. The Balaban J connectivity index is 2.55. The van der Waals surface area contributed by atoms with Gasteiger partial charge in [0.05, 0.1) is 12.8 Å². The fourth-order valence-electron chi connectivity index (χ4n) is 2.11. The molecule has 0 bridgehead atoms. The fraction of sp³-hybridized carbons (Fsp3) is 0.375. The second kappa shape index (κ2) is 5.48. The zero-order valence-corrected chi connectivity index (χ0v) is 13.7. The average molecular weight is 305 g/mol. The van der Waals surface area contributed by atoms with Gasteiger partial charge in [-0.25, -0.2) is 9.78 Å². The molecule has 1 aromatic carbocycles. The number of methoxy groups -OCH3 is 1. The Kier molecular flexibility index (Phi) is 4.05. The monoisotopic (exact) mass is 305 g/mol. The van der Waals surface area contributed by atoms with Crippen molar-refractivity contribution in [1.82, 2.24) is 4.98 Å². The molecule has 0 aliphatic heterocycles. The highest BCUT2D eigenvalue weighted by Gasteiger charge is 2.27. The molecule has 0 unspecified atom stereocenters. The van der Waals surface area contributed by atoms with E-state index in [4.69, 9.17) is 4.74 Å². The Bertz CT molecular complexity index is 683. The third kappa shape index (κ3) is 3.08. The molecule has 21 heavy (non-hydrogen) atoms. The van der Waals surface area contributed by atoms with Gasteiger partial charge in [0.1, 0.15) is 15.6 Å². The van der Waals surface area contributed by atoms with Gasteiger partial charge in [-0.15, -0.1) is 11.3 Å². The van der Waals surface area contributed by atoms with Gasteiger partial charge in [0.15, 0.2) is 0 Å². The molecule has 0 radical (unpaired) electrons. The van der Waals surface area contributed by atoms with Crippen molar-refractivity contribution in [3.63, 3.8) is 0 Å². The van der Waals surface area contributed by atoms with Crippen LogP contribution in [0, 0.1) is 6.92 Å². The lowest BCUT2D eigenvalue weighted by atomic mass is 9.91. The van der Waals surface area contributed by atoms with Gasteiger partial charge >= 0.3 is 5.97 Å². The van der Waals surface area contributed by atoms with Crippen LogP contribution in [0.5, 0.6) is 5.75 Å². The maximum Gasteiger partial charge on any atom is 0.347 e. The zero-order chi connectivity index (χ0) is 15.8. The van der Waals surface area contributed by atoms with Gasteiger partial charge in [0.2, 0.25) is 0 Å². The second-order valence-corrected chi connectivity index (χ2v) is 6.94. The first-order valence-corrected chi connectivity index (χ1v) is 7.45. The summed E-state index contributed by atoms with van der Waals surface area (Å²) in [7, 11) is 1.63. The Morgan fingerprint density at radius 3 is 2.43 bits per heavy atom. The van der Waals surface area contributed by atoms with Crippen molar-refractivity contribution in [3.05, 3.63) is 34.3 Å². The molecular formula is C16H19NO3S. The Labute approximate surface area is 128 Å². The molecule has 1 heterocycles. The van der Waals surface area contributed by atoms with Gasteiger partial charge in [-0.05, 0) is 30.7 Å². The van der Waals surface area contributed by atoms with E-state index >= 15 is 0 Å². The van der Waals surface area contributed by atoms with Crippen LogP contribution >= 0.6 is 11.3 Å². The summed E-state index contributed by atoms with van der Waals surface area (Å²) < 4.78 is 5.25. The lowest BCUT2D eigenvalue weighted by Gasteiger charge is -2.16. The highest BCUT2D eigenvalue weighted by atomic mass is 32.1. The number of hydrogen-bond donors (Lipinski definition) is 1. The highest BCUT2D eigenvalue weighted by molar-refractivity contribution is 7.17. The molecule has 1 N–H and O–H groups in total. The fourth-order valence-corrected chi connectivity index (χ4v) is 3.22. The maximum atomic E-state index is 11.4. The van der Waals surface area contributed by atoms with E-state index in [-0.39, 0.29) is 5.41 Å². The number of carbonyl (C=O) groups is 1. The number of hydrogen-bond acceptors (Lipinski definition) is 4. The lowest BCUT2D eigenvalue weighted by Crippen LogP contribution is -2.16. The predicted molar refractivity (Wildman–Crippen MR) is 84.5 cm³/mol. The van der Waals surface area contributed by atoms with E-state index in [1.165, 1.54) is 11.3 Å². The van der Waals surface area contributed by atoms with E-state index in [0.29, 0.717) is 10.6 Å². The minimum absolute atomic E-state index is 0.302. The van der Waals surface area contributed by atoms with Crippen molar-refractivity contribution in [2.45, 2.75) is 33.1 Å². The minimum Gasteiger partial charge on any atom is -0.496 e. The Morgan fingerprint density at radius 2 is 2.00 bits per heavy atom. The molecule has 0 atom stereocenters. The smallest absolute Gasteiger partial charge is 0.347 e. The molecule has 0 fully saturated rings. The predicted octanol–water partition coefficient (Wildman–Crippen LogP) is 4.12. The van der Waals surface area contributed by atoms with Crippen molar-refractivity contribution in [2.75, 3.05) is 7.11 Å². The normalized spacial score (nSPS) is 11.5. The number of benzene rings is 1. The maximum absolute atomic E-state index is 11.4. The summed E-state index contributed by atoms with van der Waals surface area (Å²) in [6.07, 6.45) is 0. The Hall–Kier alpha value is -1.88. The SMILES string of the molecule is COc1ccc(-c2nc(C(C)(C)C)c(C(=O)O)s2)cc1C. The molecule has 0 amide bonds. The summed E-state index contributed by atoms with van der Waals surface area (Å²) in [5.41, 5.74) is 2.24. The lowest BCUT2D eigenvalue weighted by molar-refractivity contribution is 0.0699. The summed E-state index contributed by atoms with van der Waals surface area (Å²) in [5.74, 6) is -0.112. The first-order chi connectivity index (χ1) is 9.74.